The van der Waals surface area contributed by atoms with Gasteiger partial charge in [-0.05, 0) is 23.8 Å². The van der Waals surface area contributed by atoms with Crippen LogP contribution in [0.3, 0.4) is 0 Å². The fourth-order valence-electron chi connectivity index (χ4n) is 1.96. The first-order valence-electron chi connectivity index (χ1n) is 7.17. The third-order valence-corrected chi connectivity index (χ3v) is 4.64. The third kappa shape index (κ3) is 4.56. The van der Waals surface area contributed by atoms with E-state index in [1.54, 1.807) is 11.6 Å². The Balaban J connectivity index is 1.60. The summed E-state index contributed by atoms with van der Waals surface area (Å²) in [4.78, 5) is 4.07. The van der Waals surface area contributed by atoms with Gasteiger partial charge in [0.15, 0.2) is 0 Å². The van der Waals surface area contributed by atoms with Crippen LogP contribution in [0.25, 0.3) is 0 Å². The number of hydrazone groups is 1. The maximum absolute atomic E-state index is 5.84. The zero-order chi connectivity index (χ0) is 16.8. The molecule has 0 aliphatic rings. The molecular weight excluding hydrogens is 388 g/mol. The van der Waals surface area contributed by atoms with Crippen LogP contribution in [0, 0.1) is 0 Å². The maximum Gasteiger partial charge on any atom is 0.205 e. The molecule has 0 saturated carbocycles. The summed E-state index contributed by atoms with van der Waals surface area (Å²) in [6.45, 7) is 0.499. The highest BCUT2D eigenvalue weighted by molar-refractivity contribution is 9.10. The van der Waals surface area contributed by atoms with Crippen LogP contribution in [-0.2, 0) is 6.61 Å². The number of benzene rings is 2. The summed E-state index contributed by atoms with van der Waals surface area (Å²) in [5.74, 6) is 1.27. The molecule has 122 valence electrons. The van der Waals surface area contributed by atoms with E-state index in [0.29, 0.717) is 17.6 Å². The summed E-state index contributed by atoms with van der Waals surface area (Å²) in [6, 6.07) is 15.7. The van der Waals surface area contributed by atoms with E-state index in [4.69, 9.17) is 10.5 Å². The molecular formula is C17H15BrN4OS. The lowest BCUT2D eigenvalue weighted by Crippen LogP contribution is -1.97. The van der Waals surface area contributed by atoms with E-state index in [9.17, 15) is 0 Å². The Morgan fingerprint density at radius 1 is 1.25 bits per heavy atom. The largest absolute Gasteiger partial charge is 0.489 e. The normalized spacial score (nSPS) is 10.9. The number of anilines is 2. The SMILES string of the molecule is Nc1csc(NN=Cc2cccc(OCc3ccccc3Br)c2)n1. The highest BCUT2D eigenvalue weighted by atomic mass is 79.9. The number of rotatable bonds is 6. The van der Waals surface area contributed by atoms with Crippen LogP contribution in [0.4, 0.5) is 10.9 Å². The van der Waals surface area contributed by atoms with Crippen molar-refractivity contribution >= 4 is 44.4 Å². The first kappa shape index (κ1) is 16.5. The van der Waals surface area contributed by atoms with Crippen molar-refractivity contribution in [3.63, 3.8) is 0 Å². The Morgan fingerprint density at radius 3 is 2.92 bits per heavy atom. The van der Waals surface area contributed by atoms with E-state index in [0.717, 1.165) is 21.3 Å². The van der Waals surface area contributed by atoms with Crippen LogP contribution in [0.1, 0.15) is 11.1 Å². The number of nitrogens with two attached hydrogens (primary N) is 1. The Morgan fingerprint density at radius 2 is 2.12 bits per heavy atom. The van der Waals surface area contributed by atoms with E-state index in [2.05, 4.69) is 31.4 Å². The molecule has 0 radical (unpaired) electrons. The minimum absolute atomic E-state index is 0.486. The fraction of sp³-hybridized carbons (Fsp3) is 0.0588. The molecule has 0 saturated heterocycles. The van der Waals surface area contributed by atoms with Gasteiger partial charge in [-0.25, -0.2) is 4.98 Å². The van der Waals surface area contributed by atoms with Gasteiger partial charge < -0.3 is 10.5 Å². The number of hydrogen-bond donors (Lipinski definition) is 2. The second-order valence-corrected chi connectivity index (χ2v) is 6.61. The zero-order valence-corrected chi connectivity index (χ0v) is 15.0. The van der Waals surface area contributed by atoms with Crippen LogP contribution in [0.2, 0.25) is 0 Å². The van der Waals surface area contributed by atoms with Crippen molar-refractivity contribution in [1.29, 1.82) is 0 Å². The highest BCUT2D eigenvalue weighted by Crippen LogP contribution is 2.20. The molecule has 0 aliphatic carbocycles. The van der Waals surface area contributed by atoms with Gasteiger partial charge in [-0.2, -0.15) is 5.10 Å². The molecule has 3 rings (SSSR count). The summed E-state index contributed by atoms with van der Waals surface area (Å²) >= 11 is 4.92. The Bertz CT molecular complexity index is 850. The van der Waals surface area contributed by atoms with Crippen molar-refractivity contribution in [1.82, 2.24) is 4.98 Å². The third-order valence-electron chi connectivity index (χ3n) is 3.11. The maximum atomic E-state index is 5.84. The standard InChI is InChI=1S/C17H15BrN4OS/c18-15-7-2-1-5-13(15)10-23-14-6-3-4-12(8-14)9-20-22-17-21-16(19)11-24-17/h1-9,11H,10,19H2,(H,21,22). The predicted molar refractivity (Wildman–Crippen MR) is 103 cm³/mol. The zero-order valence-electron chi connectivity index (χ0n) is 12.6. The first-order chi connectivity index (χ1) is 11.7. The molecule has 0 atom stereocenters. The molecule has 7 heteroatoms. The second-order valence-electron chi connectivity index (χ2n) is 4.90. The van der Waals surface area contributed by atoms with E-state index in [1.807, 2.05) is 48.5 Å². The van der Waals surface area contributed by atoms with Crippen molar-refractivity contribution in [3.8, 4) is 5.75 Å². The Kier molecular flexibility index (Phi) is 5.45. The van der Waals surface area contributed by atoms with Crippen LogP contribution in [-0.4, -0.2) is 11.2 Å². The van der Waals surface area contributed by atoms with Gasteiger partial charge in [-0.3, -0.25) is 5.43 Å². The Hall–Kier alpha value is -2.38. The van der Waals surface area contributed by atoms with Gasteiger partial charge in [-0.15, -0.1) is 11.3 Å². The van der Waals surface area contributed by atoms with E-state index >= 15 is 0 Å². The lowest BCUT2D eigenvalue weighted by molar-refractivity contribution is 0.305. The van der Waals surface area contributed by atoms with Gasteiger partial charge in [0.05, 0.1) is 6.21 Å². The highest BCUT2D eigenvalue weighted by Gasteiger charge is 2.01. The van der Waals surface area contributed by atoms with Gasteiger partial charge in [0.25, 0.3) is 0 Å². The van der Waals surface area contributed by atoms with Crippen LogP contribution >= 0.6 is 27.3 Å². The second kappa shape index (κ2) is 7.94. The van der Waals surface area contributed by atoms with Crippen LogP contribution in [0.15, 0.2) is 63.5 Å². The van der Waals surface area contributed by atoms with Gasteiger partial charge >= 0.3 is 0 Å². The number of hydrogen-bond acceptors (Lipinski definition) is 6. The summed E-state index contributed by atoms with van der Waals surface area (Å²) in [5, 5.41) is 6.57. The fourth-order valence-corrected chi connectivity index (χ4v) is 2.91. The first-order valence-corrected chi connectivity index (χ1v) is 8.84. The van der Waals surface area contributed by atoms with Crippen molar-refractivity contribution in [2.24, 2.45) is 5.10 Å². The average molecular weight is 403 g/mol. The lowest BCUT2D eigenvalue weighted by Gasteiger charge is -2.08. The average Bonchev–Trinajstić information content (AvgIpc) is 3.00. The topological polar surface area (TPSA) is 72.5 Å². The van der Waals surface area contributed by atoms with Gasteiger partial charge in [0.2, 0.25) is 5.13 Å². The number of aromatic nitrogens is 1. The summed E-state index contributed by atoms with van der Waals surface area (Å²) in [6.07, 6.45) is 1.71. The quantitative estimate of drug-likeness (QED) is 0.469. The molecule has 1 aromatic heterocycles. The number of nitrogen functional groups attached to an aromatic ring is 1. The monoisotopic (exact) mass is 402 g/mol. The molecule has 24 heavy (non-hydrogen) atoms. The number of nitrogens with zero attached hydrogens (tertiary/aromatic N) is 2. The van der Waals surface area contributed by atoms with Crippen molar-refractivity contribution in [2.45, 2.75) is 6.61 Å². The van der Waals surface area contributed by atoms with E-state index in [-0.39, 0.29) is 0 Å². The lowest BCUT2D eigenvalue weighted by atomic mass is 10.2. The molecule has 0 fully saturated rings. The van der Waals surface area contributed by atoms with Crippen LogP contribution in [0.5, 0.6) is 5.75 Å². The molecule has 1 heterocycles. The molecule has 0 amide bonds. The molecule has 0 bridgehead atoms. The van der Waals surface area contributed by atoms with E-state index < -0.39 is 0 Å². The van der Waals surface area contributed by atoms with E-state index in [1.165, 1.54) is 11.3 Å². The number of nitrogens with one attached hydrogen (secondary N) is 1. The van der Waals surface area contributed by atoms with Gasteiger partial charge in [-0.1, -0.05) is 46.3 Å². The van der Waals surface area contributed by atoms with Crippen molar-refractivity contribution in [2.75, 3.05) is 11.2 Å². The number of halogens is 1. The summed E-state index contributed by atoms with van der Waals surface area (Å²) in [7, 11) is 0. The molecule has 0 spiro atoms. The Labute approximate surface area is 152 Å². The van der Waals surface area contributed by atoms with Crippen molar-refractivity contribution in [3.05, 3.63) is 69.5 Å². The smallest absolute Gasteiger partial charge is 0.205 e. The molecule has 0 aliphatic heterocycles. The summed E-state index contributed by atoms with van der Waals surface area (Å²) in [5.41, 5.74) is 10.4. The molecule has 3 N–H and O–H groups in total. The minimum Gasteiger partial charge on any atom is -0.489 e. The van der Waals surface area contributed by atoms with Crippen LogP contribution < -0.4 is 15.9 Å². The number of thiazole rings is 1. The van der Waals surface area contributed by atoms with Gasteiger partial charge in [0.1, 0.15) is 18.2 Å². The minimum atomic E-state index is 0.486. The summed E-state index contributed by atoms with van der Waals surface area (Å²) < 4.78 is 6.88. The van der Waals surface area contributed by atoms with Crippen molar-refractivity contribution < 1.29 is 4.74 Å². The van der Waals surface area contributed by atoms with Gasteiger partial charge in [0, 0.05) is 15.4 Å². The number of ether oxygens (including phenoxy) is 1. The molecule has 2 aromatic carbocycles. The molecule has 0 unspecified atom stereocenters. The molecule has 5 nitrogen and oxygen atoms in total. The predicted octanol–water partition coefficient (Wildman–Crippen LogP) is 4.51. The molecule has 3 aromatic rings.